The van der Waals surface area contributed by atoms with Crippen molar-refractivity contribution in [1.29, 1.82) is 0 Å². The quantitative estimate of drug-likeness (QED) is 0.779. The first-order chi connectivity index (χ1) is 8.47. The summed E-state index contributed by atoms with van der Waals surface area (Å²) in [6.45, 7) is 15.3. The molecule has 2 heteroatoms. The average Bonchev–Trinajstić information content (AvgIpc) is 2.32. The Labute approximate surface area is 112 Å². The summed E-state index contributed by atoms with van der Waals surface area (Å²) in [7, 11) is 2.20. The van der Waals surface area contributed by atoms with Crippen LogP contribution < -0.4 is 5.32 Å². The van der Waals surface area contributed by atoms with Crippen LogP contribution in [0.2, 0.25) is 0 Å². The molecular formula is C16H28N2. The fourth-order valence-electron chi connectivity index (χ4n) is 2.33. The van der Waals surface area contributed by atoms with Gasteiger partial charge in [-0.15, -0.1) is 0 Å². The summed E-state index contributed by atoms with van der Waals surface area (Å²) in [6, 6.07) is 2.30. The number of hydrogen-bond acceptors (Lipinski definition) is 2. The summed E-state index contributed by atoms with van der Waals surface area (Å²) in [5.41, 5.74) is 7.23. The maximum absolute atomic E-state index is 3.38. The lowest BCUT2D eigenvalue weighted by Gasteiger charge is -2.22. The van der Waals surface area contributed by atoms with Gasteiger partial charge in [0.05, 0.1) is 0 Å². The summed E-state index contributed by atoms with van der Waals surface area (Å²) in [6.07, 6.45) is 0. The molecule has 1 rings (SSSR count). The summed E-state index contributed by atoms with van der Waals surface area (Å²) < 4.78 is 0. The Morgan fingerprint density at radius 3 is 2.11 bits per heavy atom. The molecule has 0 atom stereocenters. The highest BCUT2D eigenvalue weighted by molar-refractivity contribution is 5.43. The van der Waals surface area contributed by atoms with E-state index in [1.807, 2.05) is 0 Å². The number of benzene rings is 1. The Bertz CT molecular complexity index is 370. The number of nitrogens with zero attached hydrogens (tertiary/aromatic N) is 1. The normalized spacial score (nSPS) is 11.3. The minimum atomic E-state index is 1.05. The minimum absolute atomic E-state index is 1.05. The molecule has 0 aromatic heterocycles. The molecule has 0 unspecified atom stereocenters. The molecule has 0 fully saturated rings. The average molecular weight is 248 g/mol. The van der Waals surface area contributed by atoms with Gasteiger partial charge in [-0.25, -0.2) is 0 Å². The van der Waals surface area contributed by atoms with Crippen molar-refractivity contribution >= 4 is 0 Å². The van der Waals surface area contributed by atoms with E-state index in [1.165, 1.54) is 27.8 Å². The van der Waals surface area contributed by atoms with Gasteiger partial charge in [-0.1, -0.05) is 13.0 Å². The van der Waals surface area contributed by atoms with Gasteiger partial charge in [-0.05, 0) is 69.1 Å². The second-order valence-electron chi connectivity index (χ2n) is 5.33. The van der Waals surface area contributed by atoms with Crippen molar-refractivity contribution in [3.63, 3.8) is 0 Å². The van der Waals surface area contributed by atoms with Crippen LogP contribution in [0.4, 0.5) is 0 Å². The molecule has 0 saturated heterocycles. The van der Waals surface area contributed by atoms with E-state index in [4.69, 9.17) is 0 Å². The predicted molar refractivity (Wildman–Crippen MR) is 80.3 cm³/mol. The Morgan fingerprint density at radius 1 is 1.06 bits per heavy atom. The highest BCUT2D eigenvalue weighted by Gasteiger charge is 2.10. The third-order valence-corrected chi connectivity index (χ3v) is 3.87. The van der Waals surface area contributed by atoms with Gasteiger partial charge in [-0.3, -0.25) is 0 Å². The number of aryl methyl sites for hydroxylation is 2. The highest BCUT2D eigenvalue weighted by atomic mass is 15.1. The molecule has 0 radical (unpaired) electrons. The molecule has 0 amide bonds. The summed E-state index contributed by atoms with van der Waals surface area (Å²) in [5.74, 6) is 0. The molecular weight excluding hydrogens is 220 g/mol. The van der Waals surface area contributed by atoms with Crippen LogP contribution in [-0.4, -0.2) is 31.6 Å². The van der Waals surface area contributed by atoms with E-state index >= 15 is 0 Å². The van der Waals surface area contributed by atoms with Crippen LogP contribution in [-0.2, 0) is 6.54 Å². The molecule has 1 aromatic carbocycles. The van der Waals surface area contributed by atoms with E-state index in [0.717, 1.165) is 26.2 Å². The van der Waals surface area contributed by atoms with Crippen LogP contribution in [0.5, 0.6) is 0 Å². The lowest BCUT2D eigenvalue weighted by Crippen LogP contribution is -2.29. The molecule has 2 nitrogen and oxygen atoms in total. The van der Waals surface area contributed by atoms with Gasteiger partial charge in [0.25, 0.3) is 0 Å². The zero-order valence-electron chi connectivity index (χ0n) is 12.9. The van der Waals surface area contributed by atoms with Crippen LogP contribution in [0.25, 0.3) is 0 Å². The highest BCUT2D eigenvalue weighted by Crippen LogP contribution is 2.22. The number of nitrogens with one attached hydrogen (secondary N) is 1. The summed E-state index contributed by atoms with van der Waals surface area (Å²) in [4.78, 5) is 2.40. The first-order valence-corrected chi connectivity index (χ1v) is 6.92. The van der Waals surface area contributed by atoms with E-state index in [0.29, 0.717) is 0 Å². The molecule has 18 heavy (non-hydrogen) atoms. The van der Waals surface area contributed by atoms with Crippen LogP contribution in [0, 0.1) is 27.7 Å². The molecule has 1 aromatic rings. The maximum Gasteiger partial charge on any atom is 0.0236 e. The zero-order chi connectivity index (χ0) is 13.7. The smallest absolute Gasteiger partial charge is 0.0236 e. The first kappa shape index (κ1) is 15.2. The summed E-state index contributed by atoms with van der Waals surface area (Å²) >= 11 is 0. The molecule has 0 heterocycles. The fraction of sp³-hybridized carbons (Fsp3) is 0.625. The number of hydrogen-bond donors (Lipinski definition) is 1. The zero-order valence-corrected chi connectivity index (χ0v) is 12.9. The molecule has 1 N–H and O–H groups in total. The molecule has 0 bridgehead atoms. The lowest BCUT2D eigenvalue weighted by molar-refractivity contribution is 0.324. The Kier molecular flexibility index (Phi) is 5.83. The maximum atomic E-state index is 3.38. The standard InChI is InChI=1S/C16H28N2/c1-7-17-8-9-18(6)11-16-14(4)12(2)10-13(3)15(16)5/h10,17H,7-9,11H2,1-6H3. The van der Waals surface area contributed by atoms with Crippen molar-refractivity contribution in [2.24, 2.45) is 0 Å². The van der Waals surface area contributed by atoms with Gasteiger partial charge in [-0.2, -0.15) is 0 Å². The molecule has 0 spiro atoms. The monoisotopic (exact) mass is 248 g/mol. The van der Waals surface area contributed by atoms with Crippen molar-refractivity contribution in [3.05, 3.63) is 33.9 Å². The van der Waals surface area contributed by atoms with E-state index in [1.54, 1.807) is 0 Å². The Balaban J connectivity index is 2.77. The van der Waals surface area contributed by atoms with Gasteiger partial charge in [0, 0.05) is 19.6 Å². The fourth-order valence-corrected chi connectivity index (χ4v) is 2.33. The van der Waals surface area contributed by atoms with Gasteiger partial charge in [0.15, 0.2) is 0 Å². The third-order valence-electron chi connectivity index (χ3n) is 3.87. The Morgan fingerprint density at radius 2 is 1.61 bits per heavy atom. The van der Waals surface area contributed by atoms with E-state index < -0.39 is 0 Å². The minimum Gasteiger partial charge on any atom is -0.316 e. The molecule has 0 aliphatic carbocycles. The van der Waals surface area contributed by atoms with Gasteiger partial charge in [0.1, 0.15) is 0 Å². The van der Waals surface area contributed by atoms with Crippen molar-refractivity contribution in [3.8, 4) is 0 Å². The second kappa shape index (κ2) is 6.91. The number of rotatable bonds is 6. The molecule has 102 valence electrons. The van der Waals surface area contributed by atoms with Crippen molar-refractivity contribution < 1.29 is 0 Å². The van der Waals surface area contributed by atoms with Crippen molar-refractivity contribution in [2.75, 3.05) is 26.7 Å². The molecule has 0 saturated carbocycles. The van der Waals surface area contributed by atoms with Gasteiger partial charge >= 0.3 is 0 Å². The van der Waals surface area contributed by atoms with Crippen LogP contribution >= 0.6 is 0 Å². The van der Waals surface area contributed by atoms with Crippen molar-refractivity contribution in [2.45, 2.75) is 41.2 Å². The Hall–Kier alpha value is -0.860. The van der Waals surface area contributed by atoms with Crippen molar-refractivity contribution in [1.82, 2.24) is 10.2 Å². The van der Waals surface area contributed by atoms with Crippen LogP contribution in [0.15, 0.2) is 6.07 Å². The SMILES string of the molecule is CCNCCN(C)Cc1c(C)c(C)cc(C)c1C. The van der Waals surface area contributed by atoms with Gasteiger partial charge < -0.3 is 10.2 Å². The molecule has 0 aliphatic rings. The van der Waals surface area contributed by atoms with Crippen LogP contribution in [0.1, 0.15) is 34.7 Å². The van der Waals surface area contributed by atoms with Gasteiger partial charge in [0.2, 0.25) is 0 Å². The lowest BCUT2D eigenvalue weighted by atomic mass is 9.94. The first-order valence-electron chi connectivity index (χ1n) is 6.92. The molecule has 0 aliphatic heterocycles. The van der Waals surface area contributed by atoms with E-state index in [2.05, 4.69) is 57.9 Å². The van der Waals surface area contributed by atoms with E-state index in [-0.39, 0.29) is 0 Å². The summed E-state index contributed by atoms with van der Waals surface area (Å²) in [5, 5.41) is 3.38. The largest absolute Gasteiger partial charge is 0.316 e. The number of likely N-dealkylation sites (N-methyl/N-ethyl adjacent to an activating group) is 2. The van der Waals surface area contributed by atoms with Crippen LogP contribution in [0.3, 0.4) is 0 Å². The third kappa shape index (κ3) is 3.82. The topological polar surface area (TPSA) is 15.3 Å². The van der Waals surface area contributed by atoms with E-state index in [9.17, 15) is 0 Å². The predicted octanol–water partition coefficient (Wildman–Crippen LogP) is 2.96. The second-order valence-corrected chi connectivity index (χ2v) is 5.33.